The number of carbonyl (C=O) groups excluding carboxylic acids is 3. The number of aliphatic imine (C=N–C) groups is 1. The second kappa shape index (κ2) is 10.6. The van der Waals surface area contributed by atoms with E-state index in [1.54, 1.807) is 42.5 Å². The Hall–Kier alpha value is -5.12. The van der Waals surface area contributed by atoms with E-state index in [4.69, 9.17) is 9.47 Å². The van der Waals surface area contributed by atoms with Crippen LogP contribution in [0.4, 0.5) is 5.69 Å². The van der Waals surface area contributed by atoms with Crippen molar-refractivity contribution in [1.82, 2.24) is 10.4 Å². The van der Waals surface area contributed by atoms with E-state index in [1.165, 1.54) is 45.4 Å². The number of rotatable bonds is 7. The van der Waals surface area contributed by atoms with Crippen molar-refractivity contribution in [3.05, 3.63) is 89.1 Å². The molecule has 0 aromatic heterocycles. The van der Waals surface area contributed by atoms with Crippen LogP contribution in [0.15, 0.2) is 77.4 Å². The van der Waals surface area contributed by atoms with E-state index in [0.29, 0.717) is 16.8 Å². The van der Waals surface area contributed by atoms with Crippen LogP contribution in [0.1, 0.15) is 28.4 Å². The number of amidine groups is 1. The van der Waals surface area contributed by atoms with Gasteiger partial charge in [-0.1, -0.05) is 36.4 Å². The number of aromatic hydroxyl groups is 1. The van der Waals surface area contributed by atoms with Gasteiger partial charge in [-0.15, -0.1) is 0 Å². The molecule has 0 unspecified atom stereocenters. The van der Waals surface area contributed by atoms with E-state index < -0.39 is 11.8 Å². The summed E-state index contributed by atoms with van der Waals surface area (Å²) < 4.78 is 10.5. The minimum atomic E-state index is -0.615. The van der Waals surface area contributed by atoms with Crippen molar-refractivity contribution in [1.29, 1.82) is 0 Å². The van der Waals surface area contributed by atoms with Crippen molar-refractivity contribution < 1.29 is 29.0 Å². The number of hydrazine groups is 1. The average Bonchev–Trinajstić information content (AvgIpc) is 3.19. The Morgan fingerprint density at radius 1 is 0.973 bits per heavy atom. The van der Waals surface area contributed by atoms with E-state index in [9.17, 15) is 19.5 Å². The van der Waals surface area contributed by atoms with Crippen molar-refractivity contribution in [2.45, 2.75) is 6.92 Å². The lowest BCUT2D eigenvalue weighted by Crippen LogP contribution is -2.47. The van der Waals surface area contributed by atoms with Gasteiger partial charge in [0.15, 0.2) is 17.3 Å². The summed E-state index contributed by atoms with van der Waals surface area (Å²) >= 11 is 0. The minimum Gasteiger partial charge on any atom is -0.504 e. The van der Waals surface area contributed by atoms with E-state index in [2.05, 4.69) is 15.7 Å². The molecule has 3 N–H and O–H groups in total. The molecule has 0 bridgehead atoms. The summed E-state index contributed by atoms with van der Waals surface area (Å²) in [5.41, 5.74) is 4.47. The maximum atomic E-state index is 13.4. The molecule has 1 heterocycles. The van der Waals surface area contributed by atoms with Crippen LogP contribution in [0.5, 0.6) is 17.2 Å². The molecule has 1 aliphatic heterocycles. The lowest BCUT2D eigenvalue weighted by atomic mass is 10.1. The van der Waals surface area contributed by atoms with Crippen molar-refractivity contribution in [3.8, 4) is 17.2 Å². The molecule has 3 aromatic carbocycles. The molecule has 0 aliphatic carbocycles. The predicted molar refractivity (Wildman–Crippen MR) is 137 cm³/mol. The Morgan fingerprint density at radius 2 is 1.70 bits per heavy atom. The SMILES string of the molecule is COc1cc(/C=C2\N=C(c3ccccc3)N(NC(=O)c3ccc(NC(C)=O)cc3OC)C2=O)ccc1O. The molecular weight excluding hydrogens is 476 g/mol. The van der Waals surface area contributed by atoms with Gasteiger partial charge in [0.25, 0.3) is 11.8 Å². The zero-order valence-electron chi connectivity index (χ0n) is 20.3. The molecule has 0 atom stereocenters. The normalized spacial score (nSPS) is 13.8. The number of nitrogens with one attached hydrogen (secondary N) is 2. The summed E-state index contributed by atoms with van der Waals surface area (Å²) in [5.74, 6) is -0.805. The van der Waals surface area contributed by atoms with Gasteiger partial charge in [-0.3, -0.25) is 19.8 Å². The van der Waals surface area contributed by atoms with Crippen molar-refractivity contribution >= 4 is 35.3 Å². The standard InChI is InChI=1S/C27H24N4O6/c1-16(32)28-19-10-11-20(23(15-19)36-2)26(34)30-31-25(18-7-5-4-6-8-18)29-21(27(31)35)13-17-9-12-22(33)24(14-17)37-3/h4-15,33H,1-3H3,(H,28,32)(H,30,34)/b21-13-. The van der Waals surface area contributed by atoms with E-state index in [-0.39, 0.29) is 40.3 Å². The highest BCUT2D eigenvalue weighted by atomic mass is 16.5. The Kier molecular flexibility index (Phi) is 7.19. The monoisotopic (exact) mass is 500 g/mol. The molecular formula is C27H24N4O6. The quantitative estimate of drug-likeness (QED) is 0.427. The van der Waals surface area contributed by atoms with E-state index >= 15 is 0 Å². The molecule has 188 valence electrons. The summed E-state index contributed by atoms with van der Waals surface area (Å²) in [7, 11) is 2.82. The third-order valence-electron chi connectivity index (χ3n) is 5.38. The van der Waals surface area contributed by atoms with Crippen LogP contribution in [0.25, 0.3) is 6.08 Å². The second-order valence-electron chi connectivity index (χ2n) is 7.94. The summed E-state index contributed by atoms with van der Waals surface area (Å²) in [5, 5.41) is 13.6. The third kappa shape index (κ3) is 5.43. The van der Waals surface area contributed by atoms with E-state index in [1.807, 2.05) is 6.07 Å². The van der Waals surface area contributed by atoms with Crippen LogP contribution in [0, 0.1) is 0 Å². The van der Waals surface area contributed by atoms with Crippen LogP contribution in [-0.4, -0.2) is 47.9 Å². The molecule has 4 rings (SSSR count). The van der Waals surface area contributed by atoms with Gasteiger partial charge < -0.3 is 19.9 Å². The lowest BCUT2D eigenvalue weighted by molar-refractivity contribution is -0.124. The first-order valence-electron chi connectivity index (χ1n) is 11.1. The Morgan fingerprint density at radius 3 is 2.38 bits per heavy atom. The number of hydrogen-bond donors (Lipinski definition) is 3. The number of hydrogen-bond acceptors (Lipinski definition) is 7. The molecule has 37 heavy (non-hydrogen) atoms. The van der Waals surface area contributed by atoms with Gasteiger partial charge in [0.2, 0.25) is 5.91 Å². The van der Waals surface area contributed by atoms with Crippen molar-refractivity contribution in [3.63, 3.8) is 0 Å². The van der Waals surface area contributed by atoms with Crippen LogP contribution in [-0.2, 0) is 9.59 Å². The molecule has 0 radical (unpaired) electrons. The van der Waals surface area contributed by atoms with Crippen LogP contribution in [0.3, 0.4) is 0 Å². The number of ether oxygens (including phenoxy) is 2. The number of phenols is 1. The maximum Gasteiger partial charge on any atom is 0.297 e. The topological polar surface area (TPSA) is 130 Å². The molecule has 0 fully saturated rings. The Labute approximate surface area is 212 Å². The molecule has 0 spiro atoms. The molecule has 3 aromatic rings. The summed E-state index contributed by atoms with van der Waals surface area (Å²) in [4.78, 5) is 42.5. The Balaban J connectivity index is 1.68. The van der Waals surface area contributed by atoms with Gasteiger partial charge in [-0.2, -0.15) is 5.01 Å². The molecule has 0 saturated heterocycles. The van der Waals surface area contributed by atoms with Crippen molar-refractivity contribution in [2.24, 2.45) is 4.99 Å². The lowest BCUT2D eigenvalue weighted by Gasteiger charge is -2.20. The van der Waals surface area contributed by atoms with Gasteiger partial charge >= 0.3 is 0 Å². The number of anilines is 1. The molecule has 10 heteroatoms. The molecule has 0 saturated carbocycles. The van der Waals surface area contributed by atoms with Crippen LogP contribution >= 0.6 is 0 Å². The first-order chi connectivity index (χ1) is 17.8. The average molecular weight is 501 g/mol. The number of carbonyl (C=O) groups is 3. The second-order valence-corrected chi connectivity index (χ2v) is 7.94. The van der Waals surface area contributed by atoms with Gasteiger partial charge in [-0.25, -0.2) is 4.99 Å². The van der Waals surface area contributed by atoms with Gasteiger partial charge in [0.05, 0.1) is 19.8 Å². The predicted octanol–water partition coefficient (Wildman–Crippen LogP) is 3.34. The largest absolute Gasteiger partial charge is 0.504 e. The third-order valence-corrected chi connectivity index (χ3v) is 5.38. The number of benzene rings is 3. The first-order valence-corrected chi connectivity index (χ1v) is 11.1. The molecule has 10 nitrogen and oxygen atoms in total. The smallest absolute Gasteiger partial charge is 0.297 e. The molecule has 3 amide bonds. The highest BCUT2D eigenvalue weighted by Gasteiger charge is 2.33. The highest BCUT2D eigenvalue weighted by molar-refractivity contribution is 6.20. The fourth-order valence-corrected chi connectivity index (χ4v) is 3.66. The van der Waals surface area contributed by atoms with Crippen molar-refractivity contribution in [2.75, 3.05) is 19.5 Å². The zero-order chi connectivity index (χ0) is 26.5. The van der Waals surface area contributed by atoms with Crippen LogP contribution in [0.2, 0.25) is 0 Å². The fourth-order valence-electron chi connectivity index (χ4n) is 3.66. The fraction of sp³-hybridized carbons (Fsp3) is 0.111. The molecule has 1 aliphatic rings. The number of nitrogens with zero attached hydrogens (tertiary/aromatic N) is 2. The number of amides is 3. The highest BCUT2D eigenvalue weighted by Crippen LogP contribution is 2.29. The summed E-state index contributed by atoms with van der Waals surface area (Å²) in [6.07, 6.45) is 1.53. The minimum absolute atomic E-state index is 0.0387. The van der Waals surface area contributed by atoms with Crippen LogP contribution < -0.4 is 20.2 Å². The van der Waals surface area contributed by atoms with Gasteiger partial charge in [-0.05, 0) is 35.9 Å². The zero-order valence-corrected chi connectivity index (χ0v) is 20.3. The summed E-state index contributed by atoms with van der Waals surface area (Å²) in [6.45, 7) is 1.37. The first kappa shape index (κ1) is 25.0. The summed E-state index contributed by atoms with van der Waals surface area (Å²) in [6, 6.07) is 18.1. The number of phenolic OH excluding ortho intramolecular Hbond substituents is 1. The van der Waals surface area contributed by atoms with Gasteiger partial charge in [0.1, 0.15) is 11.4 Å². The number of methoxy groups -OCH3 is 2. The maximum absolute atomic E-state index is 13.4. The van der Waals surface area contributed by atoms with Gasteiger partial charge in [0, 0.05) is 24.2 Å². The van der Waals surface area contributed by atoms with E-state index in [0.717, 1.165) is 5.01 Å². The Bertz CT molecular complexity index is 1430.